The first-order chi connectivity index (χ1) is 13.5. The summed E-state index contributed by atoms with van der Waals surface area (Å²) in [6.07, 6.45) is 3.83. The van der Waals surface area contributed by atoms with E-state index in [0.29, 0.717) is 11.1 Å². The van der Waals surface area contributed by atoms with Gasteiger partial charge < -0.3 is 16.0 Å². The number of benzene rings is 2. The van der Waals surface area contributed by atoms with Gasteiger partial charge in [-0.1, -0.05) is 12.1 Å². The number of piperidine rings is 1. The number of fused-ring (bicyclic) bond motifs is 1. The fourth-order valence-electron chi connectivity index (χ4n) is 3.70. The highest BCUT2D eigenvalue weighted by Crippen LogP contribution is 2.21. The fourth-order valence-corrected chi connectivity index (χ4v) is 3.70. The Morgan fingerprint density at radius 1 is 1.18 bits per heavy atom. The Labute approximate surface area is 163 Å². The number of aromatic nitrogens is 2. The van der Waals surface area contributed by atoms with Crippen LogP contribution in [0.5, 0.6) is 0 Å². The monoisotopic (exact) mass is 377 g/mol. The average Bonchev–Trinajstić information content (AvgIpc) is 3.12. The van der Waals surface area contributed by atoms with Crippen molar-refractivity contribution in [2.45, 2.75) is 12.8 Å². The van der Waals surface area contributed by atoms with E-state index in [2.05, 4.69) is 15.3 Å². The lowest BCUT2D eigenvalue weighted by molar-refractivity contribution is -0.121. The Bertz CT molecular complexity index is 1020. The SMILES string of the molecule is CN1CCC[C@@H](C(=O)Nc2ccc(-n3cc4cccc(C(N)=O)c4n3)cc2)C1. The molecule has 2 heterocycles. The van der Waals surface area contributed by atoms with E-state index in [1.807, 2.05) is 43.6 Å². The average molecular weight is 377 g/mol. The lowest BCUT2D eigenvalue weighted by atomic mass is 9.97. The van der Waals surface area contributed by atoms with Crippen LogP contribution >= 0.6 is 0 Å². The molecule has 1 aliphatic heterocycles. The van der Waals surface area contributed by atoms with Crippen LogP contribution in [0.3, 0.4) is 0 Å². The van der Waals surface area contributed by atoms with E-state index in [4.69, 9.17) is 5.73 Å². The van der Waals surface area contributed by atoms with Crippen LogP contribution in [0.25, 0.3) is 16.6 Å². The maximum atomic E-state index is 12.5. The predicted molar refractivity (Wildman–Crippen MR) is 108 cm³/mol. The number of rotatable bonds is 4. The van der Waals surface area contributed by atoms with E-state index < -0.39 is 5.91 Å². The molecule has 0 unspecified atom stereocenters. The molecule has 7 heteroatoms. The minimum Gasteiger partial charge on any atom is -0.366 e. The van der Waals surface area contributed by atoms with Gasteiger partial charge in [0, 0.05) is 23.8 Å². The number of nitrogens with two attached hydrogens (primary N) is 1. The molecule has 0 bridgehead atoms. The van der Waals surface area contributed by atoms with Crippen LogP contribution in [0.1, 0.15) is 23.2 Å². The fraction of sp³-hybridized carbons (Fsp3) is 0.286. The van der Waals surface area contributed by atoms with Crippen molar-refractivity contribution in [3.05, 3.63) is 54.2 Å². The van der Waals surface area contributed by atoms with E-state index >= 15 is 0 Å². The molecule has 2 amide bonds. The molecule has 0 radical (unpaired) electrons. The summed E-state index contributed by atoms with van der Waals surface area (Å²) in [5.41, 5.74) is 8.01. The van der Waals surface area contributed by atoms with Gasteiger partial charge in [-0.3, -0.25) is 9.59 Å². The topological polar surface area (TPSA) is 93.3 Å². The third kappa shape index (κ3) is 3.61. The van der Waals surface area contributed by atoms with Crippen LogP contribution in [-0.2, 0) is 4.79 Å². The van der Waals surface area contributed by atoms with Crippen LogP contribution in [0.4, 0.5) is 5.69 Å². The molecule has 1 atom stereocenters. The second-order valence-corrected chi connectivity index (χ2v) is 7.32. The van der Waals surface area contributed by atoms with Crippen molar-refractivity contribution in [3.63, 3.8) is 0 Å². The summed E-state index contributed by atoms with van der Waals surface area (Å²) in [6.45, 7) is 1.85. The number of likely N-dealkylation sites (tertiary alicyclic amines) is 1. The van der Waals surface area contributed by atoms with Crippen molar-refractivity contribution in [2.24, 2.45) is 11.7 Å². The minimum atomic E-state index is -0.498. The Balaban J connectivity index is 1.52. The number of primary amides is 1. The zero-order chi connectivity index (χ0) is 19.7. The lowest BCUT2D eigenvalue weighted by Crippen LogP contribution is -2.38. The maximum Gasteiger partial charge on any atom is 0.250 e. The van der Waals surface area contributed by atoms with Crippen molar-refractivity contribution in [3.8, 4) is 5.69 Å². The molecular weight excluding hydrogens is 354 g/mol. The molecule has 3 aromatic rings. The molecule has 1 aromatic heterocycles. The van der Waals surface area contributed by atoms with Gasteiger partial charge in [0.15, 0.2) is 0 Å². The van der Waals surface area contributed by atoms with Gasteiger partial charge in [0.25, 0.3) is 5.91 Å². The van der Waals surface area contributed by atoms with Crippen molar-refractivity contribution in [1.29, 1.82) is 0 Å². The van der Waals surface area contributed by atoms with Crippen LogP contribution in [-0.4, -0.2) is 46.6 Å². The van der Waals surface area contributed by atoms with Crippen LogP contribution in [0, 0.1) is 5.92 Å². The molecule has 0 spiro atoms. The highest BCUT2D eigenvalue weighted by atomic mass is 16.2. The molecule has 1 saturated heterocycles. The second kappa shape index (κ2) is 7.44. The molecule has 1 aliphatic rings. The Kier molecular flexibility index (Phi) is 4.83. The molecule has 4 rings (SSSR count). The number of nitrogens with one attached hydrogen (secondary N) is 1. The third-order valence-corrected chi connectivity index (χ3v) is 5.20. The highest BCUT2D eigenvalue weighted by molar-refractivity contribution is 6.04. The van der Waals surface area contributed by atoms with Gasteiger partial charge in [0.1, 0.15) is 5.52 Å². The summed E-state index contributed by atoms with van der Waals surface area (Å²) in [6, 6.07) is 12.8. The summed E-state index contributed by atoms with van der Waals surface area (Å²) in [5, 5.41) is 8.35. The number of carbonyl (C=O) groups excluding carboxylic acids is 2. The van der Waals surface area contributed by atoms with Gasteiger partial charge in [-0.2, -0.15) is 5.10 Å². The molecule has 7 nitrogen and oxygen atoms in total. The molecule has 2 aromatic carbocycles. The number of carbonyl (C=O) groups is 2. The molecule has 3 N–H and O–H groups in total. The number of nitrogens with zero attached hydrogens (tertiary/aromatic N) is 3. The zero-order valence-electron chi connectivity index (χ0n) is 15.8. The van der Waals surface area contributed by atoms with E-state index in [1.165, 1.54) is 0 Å². The van der Waals surface area contributed by atoms with E-state index in [0.717, 1.165) is 42.7 Å². The number of hydrogen-bond donors (Lipinski definition) is 2. The largest absolute Gasteiger partial charge is 0.366 e. The summed E-state index contributed by atoms with van der Waals surface area (Å²) >= 11 is 0. The summed E-state index contributed by atoms with van der Waals surface area (Å²) < 4.78 is 1.71. The van der Waals surface area contributed by atoms with E-state index in [9.17, 15) is 9.59 Å². The third-order valence-electron chi connectivity index (χ3n) is 5.20. The molecule has 28 heavy (non-hydrogen) atoms. The zero-order valence-corrected chi connectivity index (χ0v) is 15.8. The van der Waals surface area contributed by atoms with Crippen LogP contribution in [0.2, 0.25) is 0 Å². The molecular formula is C21H23N5O2. The number of hydrogen-bond acceptors (Lipinski definition) is 4. The van der Waals surface area contributed by atoms with Crippen LogP contribution < -0.4 is 11.1 Å². The van der Waals surface area contributed by atoms with Gasteiger partial charge in [-0.15, -0.1) is 0 Å². The van der Waals surface area contributed by atoms with Gasteiger partial charge in [0.05, 0.1) is 17.2 Å². The first kappa shape index (κ1) is 18.2. The Morgan fingerprint density at radius 3 is 2.68 bits per heavy atom. The molecule has 0 aliphatic carbocycles. The summed E-state index contributed by atoms with van der Waals surface area (Å²) in [4.78, 5) is 26.3. The minimum absolute atomic E-state index is 0.0297. The first-order valence-electron chi connectivity index (χ1n) is 9.39. The predicted octanol–water partition coefficient (Wildman–Crippen LogP) is 2.40. The molecule has 1 fully saturated rings. The van der Waals surface area contributed by atoms with E-state index in [-0.39, 0.29) is 11.8 Å². The maximum absolute atomic E-state index is 12.5. The first-order valence-corrected chi connectivity index (χ1v) is 9.39. The Hall–Kier alpha value is -3.19. The van der Waals surface area contributed by atoms with Gasteiger partial charge >= 0.3 is 0 Å². The summed E-state index contributed by atoms with van der Waals surface area (Å²) in [7, 11) is 2.05. The number of anilines is 1. The van der Waals surface area contributed by atoms with Crippen molar-refractivity contribution in [1.82, 2.24) is 14.7 Å². The molecule has 144 valence electrons. The van der Waals surface area contributed by atoms with Crippen molar-refractivity contribution >= 4 is 28.4 Å². The standard InChI is InChI=1S/C21H23N5O2/c1-25-11-3-5-15(12-25)21(28)23-16-7-9-17(10-8-16)26-13-14-4-2-6-18(20(22)27)19(14)24-26/h2,4,6-10,13,15H,3,5,11-12H2,1H3,(H2,22,27)(H,23,28)/t15-/m1/s1. The van der Waals surface area contributed by atoms with E-state index in [1.54, 1.807) is 16.8 Å². The lowest BCUT2D eigenvalue weighted by Gasteiger charge is -2.28. The second-order valence-electron chi connectivity index (χ2n) is 7.32. The van der Waals surface area contributed by atoms with Crippen LogP contribution in [0.15, 0.2) is 48.7 Å². The normalized spacial score (nSPS) is 17.5. The number of amides is 2. The highest BCUT2D eigenvalue weighted by Gasteiger charge is 2.23. The smallest absolute Gasteiger partial charge is 0.250 e. The van der Waals surface area contributed by atoms with Gasteiger partial charge in [-0.05, 0) is 56.8 Å². The van der Waals surface area contributed by atoms with Crippen molar-refractivity contribution < 1.29 is 9.59 Å². The van der Waals surface area contributed by atoms with Gasteiger partial charge in [-0.25, -0.2) is 4.68 Å². The molecule has 0 saturated carbocycles. The van der Waals surface area contributed by atoms with Crippen molar-refractivity contribution in [2.75, 3.05) is 25.5 Å². The summed E-state index contributed by atoms with van der Waals surface area (Å²) in [5.74, 6) is -0.403. The Morgan fingerprint density at radius 2 is 1.96 bits per heavy atom. The van der Waals surface area contributed by atoms with Gasteiger partial charge in [0.2, 0.25) is 5.91 Å². The quantitative estimate of drug-likeness (QED) is 0.730.